The Morgan fingerprint density at radius 3 is 2.82 bits per heavy atom. The highest BCUT2D eigenvalue weighted by Crippen LogP contribution is 2.17. The van der Waals surface area contributed by atoms with Gasteiger partial charge in [-0.1, -0.05) is 0 Å². The van der Waals surface area contributed by atoms with Crippen molar-refractivity contribution in [2.45, 2.75) is 6.04 Å². The van der Waals surface area contributed by atoms with Crippen LogP contribution in [0.4, 0.5) is 0 Å². The summed E-state index contributed by atoms with van der Waals surface area (Å²) in [6, 6.07) is 2.52. The van der Waals surface area contributed by atoms with Gasteiger partial charge < -0.3 is 15.0 Å². The quantitative estimate of drug-likeness (QED) is 0.721. The van der Waals surface area contributed by atoms with Gasteiger partial charge in [-0.2, -0.15) is 0 Å². The number of pyridine rings is 1. The van der Waals surface area contributed by atoms with Gasteiger partial charge in [0.25, 0.3) is 11.5 Å². The number of ether oxygens (including phenoxy) is 1. The van der Waals surface area contributed by atoms with Gasteiger partial charge in [-0.05, 0) is 12.1 Å². The number of aromatic amines is 1. The van der Waals surface area contributed by atoms with Crippen molar-refractivity contribution in [3.63, 3.8) is 0 Å². The lowest BCUT2D eigenvalue weighted by Crippen LogP contribution is -2.44. The molecule has 0 aliphatic carbocycles. The van der Waals surface area contributed by atoms with Crippen LogP contribution in [0.3, 0.4) is 0 Å². The molecule has 0 saturated carbocycles. The monoisotopic (exact) mass is 329 g/mol. The average molecular weight is 329 g/mol. The van der Waals surface area contributed by atoms with E-state index in [1.165, 1.54) is 26.4 Å². The molecule has 8 nitrogen and oxygen atoms in total. The molecule has 0 radical (unpaired) electrons. The zero-order chi connectivity index (χ0) is 16.3. The summed E-state index contributed by atoms with van der Waals surface area (Å²) in [5, 5.41) is 2.68. The molecule has 1 saturated heterocycles. The van der Waals surface area contributed by atoms with Crippen molar-refractivity contribution in [1.29, 1.82) is 0 Å². The van der Waals surface area contributed by atoms with Crippen molar-refractivity contribution in [1.82, 2.24) is 14.6 Å². The molecule has 1 fully saturated rings. The molecule has 9 heteroatoms. The lowest BCUT2D eigenvalue weighted by atomic mass is 10.1. The summed E-state index contributed by atoms with van der Waals surface area (Å²) in [6.45, 7) is 0.479. The Balaban J connectivity index is 2.07. The van der Waals surface area contributed by atoms with E-state index in [1.54, 1.807) is 6.07 Å². The normalized spacial score (nSPS) is 22.0. The first kappa shape index (κ1) is 16.7. The van der Waals surface area contributed by atoms with Crippen LogP contribution in [-0.4, -0.2) is 62.7 Å². The van der Waals surface area contributed by atoms with Gasteiger partial charge in [-0.25, -0.2) is 12.7 Å². The Labute approximate surface area is 128 Å². The van der Waals surface area contributed by atoms with Crippen LogP contribution in [0.25, 0.3) is 0 Å². The van der Waals surface area contributed by atoms with Gasteiger partial charge in [0.1, 0.15) is 5.56 Å². The summed E-state index contributed by atoms with van der Waals surface area (Å²) >= 11 is 0. The highest BCUT2D eigenvalue weighted by atomic mass is 32.2. The fraction of sp³-hybridized carbons (Fsp3) is 0.538. The van der Waals surface area contributed by atoms with E-state index in [-0.39, 0.29) is 30.4 Å². The summed E-state index contributed by atoms with van der Waals surface area (Å²) in [5.41, 5.74) is -0.500. The highest BCUT2D eigenvalue weighted by Gasteiger charge is 2.34. The fourth-order valence-corrected chi connectivity index (χ4v) is 3.36. The Morgan fingerprint density at radius 2 is 2.18 bits per heavy atom. The minimum absolute atomic E-state index is 0.0105. The Bertz CT molecular complexity index is 698. The number of sulfonamides is 1. The lowest BCUT2D eigenvalue weighted by molar-refractivity contribution is 0.0924. The van der Waals surface area contributed by atoms with Crippen LogP contribution >= 0.6 is 0 Å². The topological polar surface area (TPSA) is 109 Å². The van der Waals surface area contributed by atoms with Crippen molar-refractivity contribution in [3.8, 4) is 0 Å². The largest absolute Gasteiger partial charge is 0.379 e. The fourth-order valence-electron chi connectivity index (χ4n) is 2.19. The molecule has 22 heavy (non-hydrogen) atoms. The van der Waals surface area contributed by atoms with Crippen molar-refractivity contribution in [3.05, 3.63) is 34.2 Å². The molecular formula is C13H19N3O5S. The summed E-state index contributed by atoms with van der Waals surface area (Å²) in [4.78, 5) is 26.1. The number of hydrogen-bond acceptors (Lipinski definition) is 5. The van der Waals surface area contributed by atoms with Gasteiger partial charge in [0.2, 0.25) is 10.0 Å². The van der Waals surface area contributed by atoms with Crippen molar-refractivity contribution < 1.29 is 17.9 Å². The second-order valence-corrected chi connectivity index (χ2v) is 7.58. The van der Waals surface area contributed by atoms with E-state index >= 15 is 0 Å². The molecule has 0 aromatic carbocycles. The molecule has 2 N–H and O–H groups in total. The second kappa shape index (κ2) is 6.59. The van der Waals surface area contributed by atoms with Crippen LogP contribution < -0.4 is 10.9 Å². The number of carbonyl (C=O) groups excluding carboxylic acids is 1. The number of H-pyrrole nitrogens is 1. The van der Waals surface area contributed by atoms with Crippen LogP contribution in [0.1, 0.15) is 10.4 Å². The maximum atomic E-state index is 12.1. The highest BCUT2D eigenvalue weighted by molar-refractivity contribution is 7.89. The van der Waals surface area contributed by atoms with Crippen molar-refractivity contribution in [2.75, 3.05) is 33.1 Å². The number of amides is 1. The lowest BCUT2D eigenvalue weighted by Gasteiger charge is -2.20. The van der Waals surface area contributed by atoms with Crippen molar-refractivity contribution in [2.24, 2.45) is 5.92 Å². The maximum absolute atomic E-state index is 12.1. The van der Waals surface area contributed by atoms with E-state index in [9.17, 15) is 18.0 Å². The molecule has 1 aromatic rings. The smallest absolute Gasteiger partial charge is 0.260 e. The molecule has 2 heterocycles. The third-order valence-electron chi connectivity index (χ3n) is 3.56. The summed E-state index contributed by atoms with van der Waals surface area (Å²) < 4.78 is 30.3. The van der Waals surface area contributed by atoms with Gasteiger partial charge in [0.15, 0.2) is 0 Å². The van der Waals surface area contributed by atoms with E-state index in [0.717, 1.165) is 4.31 Å². The molecule has 1 amide bonds. The average Bonchev–Trinajstić information content (AvgIpc) is 2.85. The molecular weight excluding hydrogens is 310 g/mol. The SMILES string of the molecule is CN(C)S(=O)(=O)C[C@@H]1COC[C@H]1NC(=O)c1ccc[nH]c1=O. The number of hydrogen-bond donors (Lipinski definition) is 2. The third-order valence-corrected chi connectivity index (χ3v) is 5.52. The van der Waals surface area contributed by atoms with E-state index in [0.29, 0.717) is 0 Å². The Hall–Kier alpha value is -1.71. The predicted molar refractivity (Wildman–Crippen MR) is 80.1 cm³/mol. The van der Waals surface area contributed by atoms with Gasteiger partial charge in [0, 0.05) is 26.2 Å². The predicted octanol–water partition coefficient (Wildman–Crippen LogP) is -0.989. The minimum atomic E-state index is -3.39. The van der Waals surface area contributed by atoms with E-state index in [1.807, 2.05) is 0 Å². The molecule has 1 aliphatic rings. The molecule has 122 valence electrons. The van der Waals surface area contributed by atoms with Crippen LogP contribution in [-0.2, 0) is 14.8 Å². The van der Waals surface area contributed by atoms with Gasteiger partial charge in [0.05, 0.1) is 25.0 Å². The molecule has 2 rings (SSSR count). The maximum Gasteiger partial charge on any atom is 0.260 e. The van der Waals surface area contributed by atoms with Crippen molar-refractivity contribution >= 4 is 15.9 Å². The van der Waals surface area contributed by atoms with Gasteiger partial charge >= 0.3 is 0 Å². The minimum Gasteiger partial charge on any atom is -0.379 e. The Morgan fingerprint density at radius 1 is 1.45 bits per heavy atom. The van der Waals surface area contributed by atoms with Gasteiger partial charge in [-0.15, -0.1) is 0 Å². The first-order chi connectivity index (χ1) is 10.3. The van der Waals surface area contributed by atoms with Gasteiger partial charge in [-0.3, -0.25) is 9.59 Å². The van der Waals surface area contributed by atoms with Crippen LogP contribution in [0.2, 0.25) is 0 Å². The van der Waals surface area contributed by atoms with E-state index in [4.69, 9.17) is 4.74 Å². The molecule has 1 aliphatic heterocycles. The standard InChI is InChI=1S/C13H19N3O5S/c1-16(2)22(19,20)8-9-6-21-7-11(9)15-13(18)10-4-3-5-14-12(10)17/h3-5,9,11H,6-8H2,1-2H3,(H,14,17)(H,15,18)/t9-,11+/m0/s1. The summed E-state index contributed by atoms with van der Waals surface area (Å²) in [5.74, 6) is -1.00. The van der Waals surface area contributed by atoms with Crippen LogP contribution in [0.15, 0.2) is 23.1 Å². The first-order valence-corrected chi connectivity index (χ1v) is 8.38. The van der Waals surface area contributed by atoms with Crippen LogP contribution in [0.5, 0.6) is 0 Å². The summed E-state index contributed by atoms with van der Waals surface area (Å²) in [7, 11) is -0.468. The molecule has 0 bridgehead atoms. The zero-order valence-electron chi connectivity index (χ0n) is 12.4. The second-order valence-electron chi connectivity index (χ2n) is 5.35. The molecule has 2 atom stereocenters. The molecule has 0 spiro atoms. The molecule has 1 aromatic heterocycles. The molecule has 0 unspecified atom stereocenters. The van der Waals surface area contributed by atoms with E-state index in [2.05, 4.69) is 10.3 Å². The third kappa shape index (κ3) is 3.73. The van der Waals surface area contributed by atoms with E-state index < -0.39 is 27.5 Å². The van der Waals surface area contributed by atoms with Crippen LogP contribution in [0, 0.1) is 5.92 Å². The first-order valence-electron chi connectivity index (χ1n) is 6.78. The number of aromatic nitrogens is 1. The number of carbonyl (C=O) groups is 1. The zero-order valence-corrected chi connectivity index (χ0v) is 13.2. The summed E-state index contributed by atoms with van der Waals surface area (Å²) in [6.07, 6.45) is 1.43. The number of nitrogens with one attached hydrogen (secondary N) is 2. The Kier molecular flexibility index (Phi) is 4.99. The number of nitrogens with zero attached hydrogens (tertiary/aromatic N) is 1. The number of rotatable bonds is 5.